The van der Waals surface area contributed by atoms with Gasteiger partial charge in [-0.25, -0.2) is 13.2 Å². The van der Waals surface area contributed by atoms with Crippen LogP contribution in [-0.4, -0.2) is 45.4 Å². The van der Waals surface area contributed by atoms with Crippen LogP contribution in [0.3, 0.4) is 0 Å². The lowest BCUT2D eigenvalue weighted by atomic mass is 10.1. The van der Waals surface area contributed by atoms with Gasteiger partial charge in [0, 0.05) is 6.54 Å². The molecule has 0 saturated carbocycles. The zero-order chi connectivity index (χ0) is 24.7. The quantitative estimate of drug-likeness (QED) is 0.425. The minimum absolute atomic E-state index is 0.0123. The first-order chi connectivity index (χ1) is 16.3. The molecule has 0 N–H and O–H groups in total. The summed E-state index contributed by atoms with van der Waals surface area (Å²) in [5.74, 6) is -0.760. The first-order valence-corrected chi connectivity index (χ1v) is 11.8. The van der Waals surface area contributed by atoms with E-state index in [0.717, 1.165) is 9.87 Å². The summed E-state index contributed by atoms with van der Waals surface area (Å²) in [6.07, 6.45) is 0. The Kier molecular flexibility index (Phi) is 8.04. The molecule has 0 aromatic heterocycles. The average molecular weight is 484 g/mol. The third kappa shape index (κ3) is 5.81. The van der Waals surface area contributed by atoms with Gasteiger partial charge in [0.05, 0.1) is 19.1 Å². The Morgan fingerprint density at radius 2 is 1.53 bits per heavy atom. The van der Waals surface area contributed by atoms with Crippen LogP contribution in [0.4, 0.5) is 0 Å². The fourth-order valence-electron chi connectivity index (χ4n) is 3.23. The summed E-state index contributed by atoms with van der Waals surface area (Å²) in [5.41, 5.74) is 1.25. The van der Waals surface area contributed by atoms with Crippen molar-refractivity contribution in [2.75, 3.05) is 20.8 Å². The number of sulfonamides is 1. The number of esters is 2. The summed E-state index contributed by atoms with van der Waals surface area (Å²) in [6.45, 7) is 1.00. The Bertz CT molecular complexity index is 1260. The molecular formula is C25H25NO7S. The summed E-state index contributed by atoms with van der Waals surface area (Å²) in [7, 11) is -1.71. The van der Waals surface area contributed by atoms with Crippen molar-refractivity contribution < 1.29 is 32.2 Å². The summed E-state index contributed by atoms with van der Waals surface area (Å²) in [6, 6.07) is 19.9. The minimum Gasteiger partial charge on any atom is -0.468 e. The Hall–Kier alpha value is -3.69. The van der Waals surface area contributed by atoms with Crippen molar-refractivity contribution in [2.24, 2.45) is 0 Å². The number of methoxy groups -OCH3 is 2. The van der Waals surface area contributed by atoms with E-state index in [2.05, 4.69) is 0 Å². The molecule has 0 aliphatic carbocycles. The highest BCUT2D eigenvalue weighted by Gasteiger charge is 2.30. The standard InChI is InChI=1S/C25H25NO7S/c1-18-12-14-21(15-13-18)34(29,30)26(17-23(27)31-2)16-19-8-7-11-22(24(19)25(28)32-3)33-20-9-5-4-6-10-20/h4-15H,16-17H2,1-3H3. The van der Waals surface area contributed by atoms with E-state index in [9.17, 15) is 18.0 Å². The molecule has 8 nitrogen and oxygen atoms in total. The molecular weight excluding hydrogens is 458 g/mol. The predicted molar refractivity (Wildman–Crippen MR) is 125 cm³/mol. The van der Waals surface area contributed by atoms with Crippen molar-refractivity contribution in [2.45, 2.75) is 18.4 Å². The first-order valence-electron chi connectivity index (χ1n) is 10.3. The van der Waals surface area contributed by atoms with E-state index < -0.39 is 28.5 Å². The molecule has 0 bridgehead atoms. The van der Waals surface area contributed by atoms with Crippen molar-refractivity contribution in [3.05, 3.63) is 89.5 Å². The molecule has 0 unspecified atom stereocenters. The molecule has 0 radical (unpaired) electrons. The molecule has 9 heteroatoms. The highest BCUT2D eigenvalue weighted by molar-refractivity contribution is 7.89. The van der Waals surface area contributed by atoms with Crippen molar-refractivity contribution >= 4 is 22.0 Å². The largest absolute Gasteiger partial charge is 0.468 e. The fourth-order valence-corrected chi connectivity index (χ4v) is 4.59. The Labute approximate surface area is 198 Å². The van der Waals surface area contributed by atoms with Crippen LogP contribution in [0.25, 0.3) is 0 Å². The highest BCUT2D eigenvalue weighted by atomic mass is 32.2. The van der Waals surface area contributed by atoms with Gasteiger partial charge in [0.25, 0.3) is 0 Å². The third-order valence-corrected chi connectivity index (χ3v) is 6.82. The number of ether oxygens (including phenoxy) is 3. The van der Waals surface area contributed by atoms with Crippen LogP contribution < -0.4 is 4.74 Å². The molecule has 0 aliphatic rings. The van der Waals surface area contributed by atoms with E-state index in [4.69, 9.17) is 14.2 Å². The topological polar surface area (TPSA) is 99.2 Å². The fraction of sp³-hybridized carbons (Fsp3) is 0.200. The summed E-state index contributed by atoms with van der Waals surface area (Å²) in [5, 5.41) is 0. The smallest absolute Gasteiger partial charge is 0.342 e. The maximum atomic E-state index is 13.4. The van der Waals surface area contributed by atoms with Gasteiger partial charge in [-0.15, -0.1) is 0 Å². The number of aryl methyl sites for hydroxylation is 1. The van der Waals surface area contributed by atoms with Crippen LogP contribution in [0.5, 0.6) is 11.5 Å². The van der Waals surface area contributed by atoms with Crippen molar-refractivity contribution in [1.29, 1.82) is 0 Å². The highest BCUT2D eigenvalue weighted by Crippen LogP contribution is 2.30. The van der Waals surface area contributed by atoms with Gasteiger partial charge in [-0.05, 0) is 42.8 Å². The molecule has 0 heterocycles. The predicted octanol–water partition coefficient (Wildman–Crippen LogP) is 3.94. The van der Waals surface area contributed by atoms with Gasteiger partial charge in [0.1, 0.15) is 23.6 Å². The Morgan fingerprint density at radius 1 is 0.853 bits per heavy atom. The maximum Gasteiger partial charge on any atom is 0.342 e. The third-order valence-electron chi connectivity index (χ3n) is 5.01. The lowest BCUT2D eigenvalue weighted by Crippen LogP contribution is -2.36. The van der Waals surface area contributed by atoms with Gasteiger partial charge < -0.3 is 14.2 Å². The van der Waals surface area contributed by atoms with Gasteiger partial charge in [-0.2, -0.15) is 4.31 Å². The van der Waals surface area contributed by atoms with Crippen molar-refractivity contribution in [3.8, 4) is 11.5 Å². The number of hydrogen-bond donors (Lipinski definition) is 0. The first kappa shape index (κ1) is 24.9. The molecule has 0 amide bonds. The number of hydrogen-bond acceptors (Lipinski definition) is 7. The van der Waals surface area contributed by atoms with E-state index in [1.807, 2.05) is 13.0 Å². The lowest BCUT2D eigenvalue weighted by molar-refractivity contribution is -0.140. The number of para-hydroxylation sites is 1. The van der Waals surface area contributed by atoms with Crippen LogP contribution >= 0.6 is 0 Å². The van der Waals surface area contributed by atoms with E-state index in [-0.39, 0.29) is 22.8 Å². The molecule has 0 saturated heterocycles. The molecule has 0 atom stereocenters. The van der Waals surface area contributed by atoms with Crippen LogP contribution in [-0.2, 0) is 30.8 Å². The maximum absolute atomic E-state index is 13.4. The molecule has 34 heavy (non-hydrogen) atoms. The molecule has 0 fully saturated rings. The van der Waals surface area contributed by atoms with Gasteiger partial charge in [0.15, 0.2) is 0 Å². The molecule has 3 aromatic rings. The summed E-state index contributed by atoms with van der Waals surface area (Å²) >= 11 is 0. The van der Waals surface area contributed by atoms with E-state index >= 15 is 0 Å². The second kappa shape index (κ2) is 11.0. The van der Waals surface area contributed by atoms with E-state index in [1.54, 1.807) is 54.6 Å². The molecule has 0 spiro atoms. The summed E-state index contributed by atoms with van der Waals surface area (Å²) < 4.78 is 43.3. The van der Waals surface area contributed by atoms with Gasteiger partial charge in [-0.1, -0.05) is 48.0 Å². The van der Waals surface area contributed by atoms with Gasteiger partial charge in [0.2, 0.25) is 10.0 Å². The summed E-state index contributed by atoms with van der Waals surface area (Å²) in [4.78, 5) is 24.8. The zero-order valence-corrected chi connectivity index (χ0v) is 19.9. The molecule has 3 rings (SSSR count). The molecule has 178 valence electrons. The monoisotopic (exact) mass is 483 g/mol. The van der Waals surface area contributed by atoms with Crippen LogP contribution in [0.15, 0.2) is 77.7 Å². The number of benzene rings is 3. The minimum atomic E-state index is -4.10. The van der Waals surface area contributed by atoms with Crippen LogP contribution in [0, 0.1) is 6.92 Å². The Morgan fingerprint density at radius 3 is 2.15 bits per heavy atom. The van der Waals surface area contributed by atoms with E-state index in [0.29, 0.717) is 11.3 Å². The van der Waals surface area contributed by atoms with Gasteiger partial charge >= 0.3 is 11.9 Å². The SMILES string of the molecule is COC(=O)CN(Cc1cccc(Oc2ccccc2)c1C(=O)OC)S(=O)(=O)c1ccc(C)cc1. The number of carbonyl (C=O) groups excluding carboxylic acids is 2. The Balaban J connectivity index is 2.06. The van der Waals surface area contributed by atoms with Gasteiger partial charge in [-0.3, -0.25) is 4.79 Å². The number of nitrogens with zero attached hydrogens (tertiary/aromatic N) is 1. The molecule has 0 aliphatic heterocycles. The van der Waals surface area contributed by atoms with Crippen molar-refractivity contribution in [3.63, 3.8) is 0 Å². The number of carbonyl (C=O) groups is 2. The van der Waals surface area contributed by atoms with Crippen LogP contribution in [0.1, 0.15) is 21.5 Å². The molecule has 3 aromatic carbocycles. The van der Waals surface area contributed by atoms with E-state index in [1.165, 1.54) is 26.4 Å². The van der Waals surface area contributed by atoms with Crippen molar-refractivity contribution in [1.82, 2.24) is 4.31 Å². The average Bonchev–Trinajstić information content (AvgIpc) is 2.84. The number of rotatable bonds is 9. The zero-order valence-electron chi connectivity index (χ0n) is 19.1. The lowest BCUT2D eigenvalue weighted by Gasteiger charge is -2.23. The van der Waals surface area contributed by atoms with Crippen LogP contribution in [0.2, 0.25) is 0 Å². The normalized spacial score (nSPS) is 11.2. The second-order valence-electron chi connectivity index (χ2n) is 7.36. The second-order valence-corrected chi connectivity index (χ2v) is 9.30.